The molecule has 0 atom stereocenters. The average Bonchev–Trinajstić information content (AvgIpc) is 2.62. The van der Waals surface area contributed by atoms with Crippen molar-refractivity contribution in [1.29, 1.82) is 0 Å². The fraction of sp³-hybridized carbons (Fsp3) is 0. The van der Waals surface area contributed by atoms with E-state index in [1.54, 1.807) is 24.5 Å². The predicted molar refractivity (Wildman–Crippen MR) is 89.1 cm³/mol. The number of non-ortho nitro benzene ring substituents is 1. The highest BCUT2D eigenvalue weighted by atomic mass is 32.2. The van der Waals surface area contributed by atoms with E-state index in [-0.39, 0.29) is 16.3 Å². The molecule has 0 aliphatic carbocycles. The number of hydrogen-bond donors (Lipinski definition) is 0. The zero-order chi connectivity index (χ0) is 17.8. The van der Waals surface area contributed by atoms with Crippen molar-refractivity contribution in [2.24, 2.45) is 0 Å². The third-order valence-electron chi connectivity index (χ3n) is 3.14. The first-order valence-electron chi connectivity index (χ1n) is 6.89. The first-order valence-corrected chi connectivity index (χ1v) is 7.70. The molecule has 2 heterocycles. The molecule has 0 fully saturated rings. The maximum atomic E-state index is 11.2. The summed E-state index contributed by atoms with van der Waals surface area (Å²) >= 11 is 0.965. The molecule has 0 N–H and O–H groups in total. The number of nitrogens with zero attached hydrogens (tertiary/aromatic N) is 5. The molecule has 0 saturated heterocycles. The van der Waals surface area contributed by atoms with E-state index in [0.29, 0.717) is 10.9 Å². The van der Waals surface area contributed by atoms with Gasteiger partial charge in [0, 0.05) is 30.2 Å². The van der Waals surface area contributed by atoms with E-state index < -0.39 is 9.85 Å². The van der Waals surface area contributed by atoms with E-state index >= 15 is 0 Å². The van der Waals surface area contributed by atoms with Crippen LogP contribution >= 0.6 is 11.8 Å². The normalized spacial score (nSPS) is 10.4. The van der Waals surface area contributed by atoms with E-state index in [9.17, 15) is 20.2 Å². The third kappa shape index (κ3) is 3.75. The monoisotopic (exact) mass is 355 g/mol. The highest BCUT2D eigenvalue weighted by Gasteiger charge is 2.21. The first kappa shape index (κ1) is 16.5. The summed E-state index contributed by atoms with van der Waals surface area (Å²) in [6.07, 6.45) is 4.82. The minimum atomic E-state index is -0.680. The lowest BCUT2D eigenvalue weighted by Gasteiger charge is -2.04. The van der Waals surface area contributed by atoms with Crippen LogP contribution in [0.5, 0.6) is 0 Å². The van der Waals surface area contributed by atoms with Crippen LogP contribution in [0.1, 0.15) is 0 Å². The molecule has 0 amide bonds. The Labute approximate surface area is 145 Å². The minimum Gasteiger partial charge on any atom is -0.264 e. The van der Waals surface area contributed by atoms with Crippen molar-refractivity contribution < 1.29 is 9.85 Å². The Morgan fingerprint density at radius 1 is 1.00 bits per heavy atom. The van der Waals surface area contributed by atoms with Crippen molar-refractivity contribution in [2.45, 2.75) is 10.1 Å². The van der Waals surface area contributed by atoms with Gasteiger partial charge in [0.1, 0.15) is 0 Å². The maximum absolute atomic E-state index is 11.2. The summed E-state index contributed by atoms with van der Waals surface area (Å²) in [5.74, 6) is 0. The minimum absolute atomic E-state index is 0.221. The Hall–Kier alpha value is -3.40. The van der Waals surface area contributed by atoms with Gasteiger partial charge in [0.25, 0.3) is 11.4 Å². The van der Waals surface area contributed by atoms with Crippen molar-refractivity contribution in [3.05, 3.63) is 75.2 Å². The SMILES string of the molecule is O=[N+]([O-])c1ccc(Sc2nccc(-c3cccnc3)n2)c([N+](=O)[O-])c1. The number of nitro groups is 2. The summed E-state index contributed by atoms with van der Waals surface area (Å²) in [5.41, 5.74) is 0.691. The molecule has 1 aromatic carbocycles. The van der Waals surface area contributed by atoms with Crippen molar-refractivity contribution in [3.63, 3.8) is 0 Å². The molecule has 0 spiro atoms. The number of hydrogen-bond acceptors (Lipinski definition) is 8. The van der Waals surface area contributed by atoms with Crippen molar-refractivity contribution in [1.82, 2.24) is 15.0 Å². The van der Waals surface area contributed by atoms with Crippen LogP contribution in [0.2, 0.25) is 0 Å². The smallest absolute Gasteiger partial charge is 0.264 e. The number of benzene rings is 1. The summed E-state index contributed by atoms with van der Waals surface area (Å²) in [6.45, 7) is 0. The van der Waals surface area contributed by atoms with E-state index in [1.807, 2.05) is 6.07 Å². The van der Waals surface area contributed by atoms with Gasteiger partial charge < -0.3 is 0 Å². The van der Waals surface area contributed by atoms with Crippen molar-refractivity contribution in [2.75, 3.05) is 0 Å². The van der Waals surface area contributed by atoms with E-state index in [1.165, 1.54) is 18.3 Å². The van der Waals surface area contributed by atoms with Gasteiger partial charge in [0.05, 0.1) is 26.5 Å². The Morgan fingerprint density at radius 2 is 1.84 bits per heavy atom. The molecule has 0 radical (unpaired) electrons. The Morgan fingerprint density at radius 3 is 2.52 bits per heavy atom. The summed E-state index contributed by atoms with van der Waals surface area (Å²) in [6, 6.07) is 8.75. The van der Waals surface area contributed by atoms with Gasteiger partial charge in [0.2, 0.25) is 0 Å². The first-order chi connectivity index (χ1) is 12.0. The van der Waals surface area contributed by atoms with Gasteiger partial charge in [-0.15, -0.1) is 0 Å². The lowest BCUT2D eigenvalue weighted by Crippen LogP contribution is -1.95. The van der Waals surface area contributed by atoms with E-state index in [2.05, 4.69) is 15.0 Å². The zero-order valence-corrected chi connectivity index (χ0v) is 13.3. The van der Waals surface area contributed by atoms with Crippen molar-refractivity contribution >= 4 is 23.1 Å². The van der Waals surface area contributed by atoms with E-state index in [4.69, 9.17) is 0 Å². The van der Waals surface area contributed by atoms with Crippen LogP contribution in [0.25, 0.3) is 11.3 Å². The van der Waals surface area contributed by atoms with Crippen LogP contribution in [0, 0.1) is 20.2 Å². The molecular weight excluding hydrogens is 346 g/mol. The average molecular weight is 355 g/mol. The Bertz CT molecular complexity index is 952. The second kappa shape index (κ2) is 7.01. The van der Waals surface area contributed by atoms with Crippen LogP contribution in [0.3, 0.4) is 0 Å². The van der Waals surface area contributed by atoms with Gasteiger partial charge in [-0.3, -0.25) is 25.2 Å². The van der Waals surface area contributed by atoms with Crippen molar-refractivity contribution in [3.8, 4) is 11.3 Å². The second-order valence-corrected chi connectivity index (χ2v) is 5.74. The van der Waals surface area contributed by atoms with Gasteiger partial charge in [0.15, 0.2) is 5.16 Å². The van der Waals surface area contributed by atoms with Gasteiger partial charge >= 0.3 is 0 Å². The molecule has 0 aliphatic heterocycles. The number of pyridine rings is 1. The molecule has 10 heteroatoms. The molecule has 0 aliphatic rings. The third-order valence-corrected chi connectivity index (χ3v) is 4.09. The molecular formula is C15H9N5O4S. The predicted octanol–water partition coefficient (Wildman–Crippen LogP) is 3.51. The summed E-state index contributed by atoms with van der Waals surface area (Å²) in [5, 5.41) is 22.3. The van der Waals surface area contributed by atoms with Gasteiger partial charge in [-0.2, -0.15) is 0 Å². The van der Waals surface area contributed by atoms with E-state index in [0.717, 1.165) is 23.4 Å². The molecule has 124 valence electrons. The fourth-order valence-electron chi connectivity index (χ4n) is 2.01. The molecule has 25 heavy (non-hydrogen) atoms. The molecule has 0 bridgehead atoms. The molecule has 9 nitrogen and oxygen atoms in total. The standard InChI is InChI=1S/C15H9N5O4S/c21-19(22)11-3-4-14(13(8-11)20(23)24)25-15-17-7-5-12(18-15)10-2-1-6-16-9-10/h1-9H. The summed E-state index contributed by atoms with van der Waals surface area (Å²) in [7, 11) is 0. The van der Waals surface area contributed by atoms with Gasteiger partial charge in [-0.05, 0) is 36.0 Å². The van der Waals surface area contributed by atoms with Crippen LogP contribution < -0.4 is 0 Å². The number of rotatable bonds is 5. The van der Waals surface area contributed by atoms with Crippen LogP contribution in [0.15, 0.2) is 65.0 Å². The summed E-state index contributed by atoms with van der Waals surface area (Å²) < 4.78 is 0. The fourth-order valence-corrected chi connectivity index (χ4v) is 2.84. The molecule has 3 aromatic rings. The maximum Gasteiger partial charge on any atom is 0.290 e. The topological polar surface area (TPSA) is 125 Å². The van der Waals surface area contributed by atoms with Gasteiger partial charge in [-0.25, -0.2) is 9.97 Å². The quantitative estimate of drug-likeness (QED) is 0.387. The van der Waals surface area contributed by atoms with Crippen LogP contribution in [-0.2, 0) is 0 Å². The molecule has 0 saturated carbocycles. The highest BCUT2D eigenvalue weighted by molar-refractivity contribution is 7.99. The summed E-state index contributed by atoms with van der Waals surface area (Å²) in [4.78, 5) is 33.3. The Balaban J connectivity index is 1.95. The van der Waals surface area contributed by atoms with Crippen LogP contribution in [-0.4, -0.2) is 24.8 Å². The molecule has 0 unspecified atom stereocenters. The highest BCUT2D eigenvalue weighted by Crippen LogP contribution is 2.35. The lowest BCUT2D eigenvalue weighted by molar-refractivity contribution is -0.396. The van der Waals surface area contributed by atoms with Gasteiger partial charge in [-0.1, -0.05) is 0 Å². The Kier molecular flexibility index (Phi) is 4.61. The molecule has 2 aromatic heterocycles. The number of aromatic nitrogens is 3. The lowest BCUT2D eigenvalue weighted by atomic mass is 10.2. The zero-order valence-electron chi connectivity index (χ0n) is 12.5. The molecule has 3 rings (SSSR count). The van der Waals surface area contributed by atoms with Crippen LogP contribution in [0.4, 0.5) is 11.4 Å². The number of nitro benzene ring substituents is 2. The largest absolute Gasteiger partial charge is 0.290 e. The second-order valence-electron chi connectivity index (χ2n) is 4.73.